The summed E-state index contributed by atoms with van der Waals surface area (Å²) in [6.07, 6.45) is 7.08. The molecule has 0 aromatic carbocycles. The van der Waals surface area contributed by atoms with Crippen molar-refractivity contribution in [2.24, 2.45) is 11.8 Å². The van der Waals surface area contributed by atoms with Gasteiger partial charge >= 0.3 is 5.97 Å². The number of hydrogen-bond acceptors (Lipinski definition) is 4. The minimum atomic E-state index is -1.88. The summed E-state index contributed by atoms with van der Waals surface area (Å²) >= 11 is 0. The molecule has 0 unspecified atom stereocenters. The molecule has 0 aromatic rings. The molecule has 5 heteroatoms. The van der Waals surface area contributed by atoms with Crippen LogP contribution in [0.1, 0.15) is 47.5 Å². The Labute approximate surface area is 161 Å². The van der Waals surface area contributed by atoms with Crippen LogP contribution >= 0.6 is 0 Å². The molecule has 1 aliphatic rings. The van der Waals surface area contributed by atoms with Crippen LogP contribution in [0.3, 0.4) is 0 Å². The second-order valence-corrected chi connectivity index (χ2v) is 13.8. The van der Waals surface area contributed by atoms with Gasteiger partial charge in [0.15, 0.2) is 8.32 Å². The van der Waals surface area contributed by atoms with Crippen LogP contribution in [-0.2, 0) is 18.7 Å². The second-order valence-electron chi connectivity index (χ2n) is 9.02. The van der Waals surface area contributed by atoms with E-state index in [4.69, 9.17) is 9.16 Å². The summed E-state index contributed by atoms with van der Waals surface area (Å²) in [5.41, 5.74) is 0. The molecule has 1 aliphatic heterocycles. The van der Waals surface area contributed by atoms with E-state index in [0.29, 0.717) is 12.3 Å². The highest BCUT2D eigenvalue weighted by Crippen LogP contribution is 2.41. The number of ether oxygens (including phenoxy) is 2. The molecular formula is C21H38O4Si. The Morgan fingerprint density at radius 3 is 2.50 bits per heavy atom. The van der Waals surface area contributed by atoms with Gasteiger partial charge in [-0.05, 0) is 36.9 Å². The Morgan fingerprint density at radius 2 is 2.00 bits per heavy atom. The number of methoxy groups -OCH3 is 1. The van der Waals surface area contributed by atoms with Crippen molar-refractivity contribution in [3.05, 3.63) is 24.8 Å². The van der Waals surface area contributed by atoms with Crippen molar-refractivity contribution >= 4 is 14.3 Å². The molecule has 4 nitrogen and oxygen atoms in total. The summed E-state index contributed by atoms with van der Waals surface area (Å²) in [6, 6.07) is 0. The molecule has 0 saturated carbocycles. The number of carbonyl (C=O) groups excluding carboxylic acids is 1. The van der Waals surface area contributed by atoms with E-state index in [9.17, 15) is 4.79 Å². The number of rotatable bonds is 7. The zero-order valence-electron chi connectivity index (χ0n) is 17.9. The van der Waals surface area contributed by atoms with Crippen LogP contribution in [0.15, 0.2) is 24.8 Å². The maximum absolute atomic E-state index is 11.3. The van der Waals surface area contributed by atoms with E-state index in [-0.39, 0.29) is 35.2 Å². The first kappa shape index (κ1) is 23.1. The molecule has 0 spiro atoms. The average molecular weight is 383 g/mol. The van der Waals surface area contributed by atoms with Crippen LogP contribution in [0, 0.1) is 11.8 Å². The SMILES string of the molecule is C=C[C@H](C)[C@@H]1O[C@H](C/C=C\C(=O)OC)[C@H](C)C[C@@H]1O[Si](C)(C)C(C)(C)C. The standard InChI is InChI=1S/C21H38O4Si/c1-10-15(2)20-18(25-26(8,9)21(4,5)6)14-16(3)17(24-20)12-11-13-19(22)23-7/h10-11,13,15-18,20H,1,12,14H2,2-9H3/b13-11-/t15-,16+,17+,18-,20-/m0/s1. The highest BCUT2D eigenvalue weighted by atomic mass is 28.4. The molecule has 1 saturated heterocycles. The first-order valence-electron chi connectivity index (χ1n) is 9.63. The van der Waals surface area contributed by atoms with Crippen molar-refractivity contribution in [3.63, 3.8) is 0 Å². The van der Waals surface area contributed by atoms with Gasteiger partial charge < -0.3 is 13.9 Å². The summed E-state index contributed by atoms with van der Waals surface area (Å²) in [7, 11) is -0.493. The largest absolute Gasteiger partial charge is 0.466 e. The third kappa shape index (κ3) is 6.07. The lowest BCUT2D eigenvalue weighted by atomic mass is 9.85. The van der Waals surface area contributed by atoms with Gasteiger partial charge in [-0.1, -0.05) is 46.8 Å². The summed E-state index contributed by atoms with van der Waals surface area (Å²) in [5.74, 6) is 0.244. The van der Waals surface area contributed by atoms with Gasteiger partial charge in [0.1, 0.15) is 0 Å². The van der Waals surface area contributed by atoms with E-state index in [1.54, 1.807) is 0 Å². The van der Waals surface area contributed by atoms with Crippen LogP contribution in [0.4, 0.5) is 0 Å². The molecular weight excluding hydrogens is 344 g/mol. The highest BCUT2D eigenvalue weighted by molar-refractivity contribution is 6.74. The summed E-state index contributed by atoms with van der Waals surface area (Å²) < 4.78 is 17.8. The van der Waals surface area contributed by atoms with E-state index < -0.39 is 8.32 Å². The lowest BCUT2D eigenvalue weighted by Crippen LogP contribution is -2.53. The van der Waals surface area contributed by atoms with Gasteiger partial charge in [-0.25, -0.2) is 4.79 Å². The maximum atomic E-state index is 11.3. The predicted molar refractivity (Wildman–Crippen MR) is 110 cm³/mol. The number of carbonyl (C=O) groups is 1. The summed E-state index contributed by atoms with van der Waals surface area (Å²) in [6.45, 7) is 19.7. The molecule has 0 amide bonds. The monoisotopic (exact) mass is 382 g/mol. The smallest absolute Gasteiger partial charge is 0.330 e. The molecule has 0 radical (unpaired) electrons. The fraction of sp³-hybridized carbons (Fsp3) is 0.762. The molecule has 150 valence electrons. The Morgan fingerprint density at radius 1 is 1.38 bits per heavy atom. The molecule has 0 aromatic heterocycles. The summed E-state index contributed by atoms with van der Waals surface area (Å²) in [5, 5.41) is 0.165. The molecule has 1 rings (SSSR count). The predicted octanol–water partition coefficient (Wildman–Crippen LogP) is 5.11. The minimum absolute atomic E-state index is 0.00523. The molecule has 0 bridgehead atoms. The average Bonchev–Trinajstić information content (AvgIpc) is 2.54. The van der Waals surface area contributed by atoms with Gasteiger partial charge in [0, 0.05) is 12.0 Å². The van der Waals surface area contributed by atoms with Gasteiger partial charge in [0.05, 0.1) is 25.4 Å². The van der Waals surface area contributed by atoms with E-state index >= 15 is 0 Å². The summed E-state index contributed by atoms with van der Waals surface area (Å²) in [4.78, 5) is 11.3. The van der Waals surface area contributed by atoms with Crippen molar-refractivity contribution in [1.29, 1.82) is 0 Å². The van der Waals surface area contributed by atoms with Crippen molar-refractivity contribution in [1.82, 2.24) is 0 Å². The first-order chi connectivity index (χ1) is 11.9. The quantitative estimate of drug-likeness (QED) is 0.265. The molecule has 0 aliphatic carbocycles. The Balaban J connectivity index is 2.90. The van der Waals surface area contributed by atoms with Gasteiger partial charge in [0.25, 0.3) is 0 Å². The van der Waals surface area contributed by atoms with Gasteiger partial charge in [-0.15, -0.1) is 6.58 Å². The topological polar surface area (TPSA) is 44.8 Å². The fourth-order valence-electron chi connectivity index (χ4n) is 3.00. The Hall–Kier alpha value is -0.913. The van der Waals surface area contributed by atoms with Gasteiger partial charge in [-0.2, -0.15) is 0 Å². The highest BCUT2D eigenvalue weighted by Gasteiger charge is 2.45. The van der Waals surface area contributed by atoms with Crippen LogP contribution in [0.2, 0.25) is 18.1 Å². The molecule has 0 N–H and O–H groups in total. The van der Waals surface area contributed by atoms with Crippen LogP contribution < -0.4 is 0 Å². The Bertz CT molecular complexity index is 507. The van der Waals surface area contributed by atoms with E-state index in [1.807, 2.05) is 12.2 Å². The van der Waals surface area contributed by atoms with Gasteiger partial charge in [0.2, 0.25) is 0 Å². The lowest BCUT2D eigenvalue weighted by Gasteiger charge is -2.47. The molecule has 5 atom stereocenters. The normalized spacial score (nSPS) is 28.8. The van der Waals surface area contributed by atoms with Crippen LogP contribution in [0.5, 0.6) is 0 Å². The lowest BCUT2D eigenvalue weighted by molar-refractivity contribution is -0.147. The second kappa shape index (κ2) is 9.33. The number of esters is 1. The zero-order valence-corrected chi connectivity index (χ0v) is 18.9. The minimum Gasteiger partial charge on any atom is -0.466 e. The van der Waals surface area contributed by atoms with Crippen molar-refractivity contribution < 1.29 is 18.7 Å². The van der Waals surface area contributed by atoms with Crippen LogP contribution in [-0.4, -0.2) is 39.7 Å². The maximum Gasteiger partial charge on any atom is 0.330 e. The van der Waals surface area contributed by atoms with E-state index in [2.05, 4.69) is 59.0 Å². The fourth-order valence-corrected chi connectivity index (χ4v) is 4.34. The Kier molecular flexibility index (Phi) is 8.30. The molecule has 26 heavy (non-hydrogen) atoms. The van der Waals surface area contributed by atoms with E-state index in [1.165, 1.54) is 13.2 Å². The van der Waals surface area contributed by atoms with Crippen molar-refractivity contribution in [2.75, 3.05) is 7.11 Å². The zero-order chi connectivity index (χ0) is 20.1. The van der Waals surface area contributed by atoms with Crippen LogP contribution in [0.25, 0.3) is 0 Å². The van der Waals surface area contributed by atoms with Crippen molar-refractivity contribution in [2.45, 2.75) is 83.9 Å². The van der Waals surface area contributed by atoms with E-state index in [0.717, 1.165) is 6.42 Å². The third-order valence-electron chi connectivity index (χ3n) is 5.90. The molecule has 1 heterocycles. The molecule has 1 fully saturated rings. The first-order valence-corrected chi connectivity index (χ1v) is 12.5. The van der Waals surface area contributed by atoms with Gasteiger partial charge in [-0.3, -0.25) is 0 Å². The van der Waals surface area contributed by atoms with Crippen molar-refractivity contribution in [3.8, 4) is 0 Å². The number of hydrogen-bond donors (Lipinski definition) is 0. The third-order valence-corrected chi connectivity index (χ3v) is 10.4.